The van der Waals surface area contributed by atoms with Crippen LogP contribution >= 0.6 is 0 Å². The second kappa shape index (κ2) is 5.89. The molecule has 1 heterocycles. The predicted octanol–water partition coefficient (Wildman–Crippen LogP) is 3.14. The average molecular weight is 260 g/mol. The van der Waals surface area contributed by atoms with Crippen molar-refractivity contribution in [1.82, 2.24) is 10.5 Å². The van der Waals surface area contributed by atoms with Crippen molar-refractivity contribution in [3.8, 4) is 5.75 Å². The number of benzene rings is 1. The van der Waals surface area contributed by atoms with Gasteiger partial charge in [-0.3, -0.25) is 0 Å². The number of aromatic nitrogens is 1. The molecule has 0 fully saturated rings. The largest absolute Gasteiger partial charge is 0.485 e. The lowest BCUT2D eigenvalue weighted by Gasteiger charge is -2.21. The zero-order valence-corrected chi connectivity index (χ0v) is 11.6. The molecule has 0 spiro atoms. The maximum Gasteiger partial charge on any atom is 0.174 e. The highest BCUT2D eigenvalue weighted by molar-refractivity contribution is 5.33. The van der Waals surface area contributed by atoms with Crippen LogP contribution in [-0.4, -0.2) is 10.7 Å². The van der Waals surface area contributed by atoms with Gasteiger partial charge in [0.2, 0.25) is 0 Å². The molecule has 0 amide bonds. The van der Waals surface area contributed by atoms with Crippen LogP contribution in [-0.2, 0) is 13.2 Å². The fourth-order valence-corrected chi connectivity index (χ4v) is 1.62. The second-order valence-electron chi connectivity index (χ2n) is 5.48. The van der Waals surface area contributed by atoms with Gasteiger partial charge in [0.25, 0.3) is 0 Å². The topological polar surface area (TPSA) is 47.3 Å². The maximum atomic E-state index is 5.77. The van der Waals surface area contributed by atoms with E-state index in [-0.39, 0.29) is 5.54 Å². The van der Waals surface area contributed by atoms with E-state index >= 15 is 0 Å². The van der Waals surface area contributed by atoms with Crippen LogP contribution in [0.2, 0.25) is 0 Å². The van der Waals surface area contributed by atoms with Crippen molar-refractivity contribution in [3.63, 3.8) is 0 Å². The molecule has 0 saturated heterocycles. The van der Waals surface area contributed by atoms with Crippen molar-refractivity contribution in [2.75, 3.05) is 0 Å². The molecule has 1 aromatic heterocycles. The molecule has 0 saturated carbocycles. The summed E-state index contributed by atoms with van der Waals surface area (Å²) in [6, 6.07) is 9.82. The number of nitrogens with zero attached hydrogens (tertiary/aromatic N) is 1. The fraction of sp³-hybridized carbons (Fsp3) is 0.400. The molecule has 0 aliphatic rings. The van der Waals surface area contributed by atoms with Gasteiger partial charge in [0.15, 0.2) is 5.76 Å². The minimum absolute atomic E-state index is 0.0814. The Kier molecular flexibility index (Phi) is 4.22. The summed E-state index contributed by atoms with van der Waals surface area (Å²) in [5.41, 5.74) is 1.22. The van der Waals surface area contributed by atoms with Gasteiger partial charge in [0.05, 0.1) is 6.20 Å². The van der Waals surface area contributed by atoms with Crippen LogP contribution in [0.5, 0.6) is 5.75 Å². The van der Waals surface area contributed by atoms with Crippen molar-refractivity contribution in [2.24, 2.45) is 0 Å². The zero-order chi connectivity index (χ0) is 13.7. The molecule has 2 aromatic rings. The van der Waals surface area contributed by atoms with Crippen molar-refractivity contribution >= 4 is 0 Å². The molecule has 4 nitrogen and oxygen atoms in total. The van der Waals surface area contributed by atoms with E-state index in [9.17, 15) is 0 Å². The van der Waals surface area contributed by atoms with Gasteiger partial charge in [0, 0.05) is 23.7 Å². The molecule has 0 unspecified atom stereocenters. The summed E-state index contributed by atoms with van der Waals surface area (Å²) in [5, 5.41) is 7.11. The lowest BCUT2D eigenvalue weighted by molar-refractivity contribution is 0.246. The Balaban J connectivity index is 1.99. The van der Waals surface area contributed by atoms with E-state index in [4.69, 9.17) is 9.26 Å². The van der Waals surface area contributed by atoms with E-state index in [0.717, 1.165) is 23.6 Å². The van der Waals surface area contributed by atoms with Gasteiger partial charge >= 0.3 is 0 Å². The second-order valence-corrected chi connectivity index (χ2v) is 5.48. The van der Waals surface area contributed by atoms with Crippen LogP contribution in [0.25, 0.3) is 0 Å². The summed E-state index contributed by atoms with van der Waals surface area (Å²) in [7, 11) is 0. The Bertz CT molecular complexity index is 501. The highest BCUT2D eigenvalue weighted by Crippen LogP contribution is 2.20. The molecule has 19 heavy (non-hydrogen) atoms. The van der Waals surface area contributed by atoms with Gasteiger partial charge in [-0.2, -0.15) is 0 Å². The van der Waals surface area contributed by atoms with Crippen LogP contribution in [0, 0.1) is 0 Å². The third-order valence-electron chi connectivity index (χ3n) is 2.64. The van der Waals surface area contributed by atoms with Crippen LogP contribution in [0.15, 0.2) is 41.1 Å². The predicted molar refractivity (Wildman–Crippen MR) is 73.9 cm³/mol. The van der Waals surface area contributed by atoms with Gasteiger partial charge < -0.3 is 14.6 Å². The highest BCUT2D eigenvalue weighted by Gasteiger charge is 2.11. The molecular weight excluding hydrogens is 240 g/mol. The molecule has 1 N–H and O–H groups in total. The number of para-hydroxylation sites is 1. The van der Waals surface area contributed by atoms with Crippen molar-refractivity contribution < 1.29 is 9.26 Å². The third kappa shape index (κ3) is 4.41. The van der Waals surface area contributed by atoms with Crippen LogP contribution < -0.4 is 10.1 Å². The van der Waals surface area contributed by atoms with E-state index < -0.39 is 0 Å². The smallest absolute Gasteiger partial charge is 0.174 e. The van der Waals surface area contributed by atoms with Crippen LogP contribution in [0.4, 0.5) is 0 Å². The molecule has 0 radical (unpaired) electrons. The molecule has 0 bridgehead atoms. The number of hydrogen-bond acceptors (Lipinski definition) is 4. The summed E-state index contributed by atoms with van der Waals surface area (Å²) >= 11 is 0. The number of ether oxygens (including phenoxy) is 1. The van der Waals surface area contributed by atoms with Crippen molar-refractivity contribution in [1.29, 1.82) is 0 Å². The van der Waals surface area contributed by atoms with Crippen molar-refractivity contribution in [3.05, 3.63) is 47.9 Å². The molecule has 0 aliphatic heterocycles. The molecule has 4 heteroatoms. The summed E-state index contributed by atoms with van der Waals surface area (Å²) in [4.78, 5) is 0. The standard InChI is InChI=1S/C15H20N2O2/c1-15(2,3)16-10-12-6-4-5-7-14(12)18-11-13-8-9-17-19-13/h4-9,16H,10-11H2,1-3H3. The molecule has 0 aliphatic carbocycles. The van der Waals surface area contributed by atoms with Crippen molar-refractivity contribution in [2.45, 2.75) is 39.5 Å². The molecule has 102 valence electrons. The van der Waals surface area contributed by atoms with Gasteiger partial charge in [-0.1, -0.05) is 23.4 Å². The highest BCUT2D eigenvalue weighted by atomic mass is 16.5. The first-order valence-electron chi connectivity index (χ1n) is 6.40. The summed E-state index contributed by atoms with van der Waals surface area (Å²) in [6.07, 6.45) is 1.62. The molecule has 1 aromatic carbocycles. The number of rotatable bonds is 5. The zero-order valence-electron chi connectivity index (χ0n) is 11.6. The first-order valence-corrected chi connectivity index (χ1v) is 6.40. The first-order chi connectivity index (χ1) is 9.04. The molecule has 0 atom stereocenters. The Morgan fingerprint density at radius 2 is 2.00 bits per heavy atom. The average Bonchev–Trinajstić information content (AvgIpc) is 2.87. The van der Waals surface area contributed by atoms with Gasteiger partial charge in [0.1, 0.15) is 12.4 Å². The Morgan fingerprint density at radius 3 is 2.68 bits per heavy atom. The maximum absolute atomic E-state index is 5.77. The third-order valence-corrected chi connectivity index (χ3v) is 2.64. The molecular formula is C15H20N2O2. The molecule has 2 rings (SSSR count). The van der Waals surface area contributed by atoms with Gasteiger partial charge in [-0.25, -0.2) is 0 Å². The summed E-state index contributed by atoms with van der Waals surface area (Å²) in [6.45, 7) is 7.60. The van der Waals surface area contributed by atoms with E-state index in [0.29, 0.717) is 6.61 Å². The van der Waals surface area contributed by atoms with E-state index in [1.54, 1.807) is 12.3 Å². The Labute approximate surface area is 113 Å². The Morgan fingerprint density at radius 1 is 1.21 bits per heavy atom. The quantitative estimate of drug-likeness (QED) is 0.897. The normalized spacial score (nSPS) is 11.5. The van der Waals surface area contributed by atoms with Crippen LogP contribution in [0.1, 0.15) is 32.1 Å². The van der Waals surface area contributed by atoms with E-state index in [1.807, 2.05) is 18.2 Å². The van der Waals surface area contributed by atoms with E-state index in [2.05, 4.69) is 37.3 Å². The van der Waals surface area contributed by atoms with Crippen LogP contribution in [0.3, 0.4) is 0 Å². The fourth-order valence-electron chi connectivity index (χ4n) is 1.62. The Hall–Kier alpha value is -1.81. The lowest BCUT2D eigenvalue weighted by Crippen LogP contribution is -2.35. The monoisotopic (exact) mass is 260 g/mol. The number of nitrogens with one attached hydrogen (secondary N) is 1. The number of hydrogen-bond donors (Lipinski definition) is 1. The first kappa shape index (κ1) is 13.6. The summed E-state index contributed by atoms with van der Waals surface area (Å²) < 4.78 is 10.8. The lowest BCUT2D eigenvalue weighted by atomic mass is 10.1. The van der Waals surface area contributed by atoms with Gasteiger partial charge in [-0.05, 0) is 26.8 Å². The SMILES string of the molecule is CC(C)(C)NCc1ccccc1OCc1ccno1. The van der Waals surface area contributed by atoms with Gasteiger partial charge in [-0.15, -0.1) is 0 Å². The van der Waals surface area contributed by atoms with E-state index in [1.165, 1.54) is 0 Å². The minimum atomic E-state index is 0.0814. The summed E-state index contributed by atoms with van der Waals surface area (Å²) in [5.74, 6) is 1.59. The minimum Gasteiger partial charge on any atom is -0.485 e.